The molecule has 6 heteroatoms. The van der Waals surface area contributed by atoms with Crippen LogP contribution in [0.5, 0.6) is 0 Å². The van der Waals surface area contributed by atoms with Gasteiger partial charge in [-0.05, 0) is 14.0 Å². The molecule has 1 N–H and O–H groups in total. The maximum atomic E-state index is 5.46. The number of nitrogens with zero attached hydrogens (tertiary/aromatic N) is 4. The van der Waals surface area contributed by atoms with E-state index >= 15 is 0 Å². The predicted octanol–water partition coefficient (Wildman–Crippen LogP) is 0.807. The molecule has 0 saturated carbocycles. The minimum absolute atomic E-state index is 0.0379. The van der Waals surface area contributed by atoms with E-state index in [0.29, 0.717) is 11.8 Å². The molecule has 0 radical (unpaired) electrons. The standard InChI is InChI=1S/C9H11N5O/c1-6(10-2)8-13-14-9(15-8)7-3-11-5-12-4-7/h3-6,10H,1-2H3. The molecule has 6 nitrogen and oxygen atoms in total. The largest absolute Gasteiger partial charge is 0.419 e. The van der Waals surface area contributed by atoms with E-state index in [1.54, 1.807) is 12.4 Å². The monoisotopic (exact) mass is 205 g/mol. The number of nitrogens with one attached hydrogen (secondary N) is 1. The average Bonchev–Trinajstić information content (AvgIpc) is 2.78. The van der Waals surface area contributed by atoms with Crippen LogP contribution >= 0.6 is 0 Å². The van der Waals surface area contributed by atoms with Crippen molar-refractivity contribution in [2.45, 2.75) is 13.0 Å². The Bertz CT molecular complexity index is 427. The second-order valence-electron chi connectivity index (χ2n) is 3.08. The molecule has 0 aromatic carbocycles. The van der Waals surface area contributed by atoms with Crippen LogP contribution in [0.2, 0.25) is 0 Å². The fourth-order valence-electron chi connectivity index (χ4n) is 1.06. The third-order valence-corrected chi connectivity index (χ3v) is 2.05. The summed E-state index contributed by atoms with van der Waals surface area (Å²) in [5.41, 5.74) is 0.722. The van der Waals surface area contributed by atoms with Crippen LogP contribution in [-0.4, -0.2) is 27.2 Å². The van der Waals surface area contributed by atoms with Crippen molar-refractivity contribution in [2.24, 2.45) is 0 Å². The molecule has 0 aliphatic heterocycles. The molecule has 15 heavy (non-hydrogen) atoms. The van der Waals surface area contributed by atoms with E-state index in [0.717, 1.165) is 5.56 Å². The van der Waals surface area contributed by atoms with Crippen molar-refractivity contribution >= 4 is 0 Å². The summed E-state index contributed by atoms with van der Waals surface area (Å²) in [7, 11) is 1.83. The molecule has 2 aromatic heterocycles. The molecule has 0 amide bonds. The zero-order chi connectivity index (χ0) is 10.7. The van der Waals surface area contributed by atoms with Gasteiger partial charge in [-0.25, -0.2) is 9.97 Å². The van der Waals surface area contributed by atoms with Crippen LogP contribution in [0.15, 0.2) is 23.1 Å². The second-order valence-corrected chi connectivity index (χ2v) is 3.08. The van der Waals surface area contributed by atoms with Gasteiger partial charge in [0.15, 0.2) is 0 Å². The van der Waals surface area contributed by atoms with E-state index in [1.165, 1.54) is 6.33 Å². The molecule has 0 saturated heterocycles. The minimum atomic E-state index is 0.0379. The van der Waals surface area contributed by atoms with Crippen LogP contribution in [0.1, 0.15) is 18.9 Å². The molecule has 0 aliphatic rings. The van der Waals surface area contributed by atoms with Crippen molar-refractivity contribution in [3.8, 4) is 11.5 Å². The lowest BCUT2D eigenvalue weighted by Crippen LogP contribution is -2.12. The molecule has 2 heterocycles. The molecule has 0 spiro atoms. The van der Waals surface area contributed by atoms with Gasteiger partial charge in [0.2, 0.25) is 5.89 Å². The van der Waals surface area contributed by atoms with Crippen molar-refractivity contribution in [3.63, 3.8) is 0 Å². The Balaban J connectivity index is 2.28. The van der Waals surface area contributed by atoms with Crippen molar-refractivity contribution in [1.82, 2.24) is 25.5 Å². The van der Waals surface area contributed by atoms with Gasteiger partial charge in [-0.15, -0.1) is 10.2 Å². The van der Waals surface area contributed by atoms with Gasteiger partial charge in [0.1, 0.15) is 6.33 Å². The lowest BCUT2D eigenvalue weighted by atomic mass is 10.3. The fourth-order valence-corrected chi connectivity index (χ4v) is 1.06. The Hall–Kier alpha value is -1.82. The Morgan fingerprint density at radius 1 is 1.27 bits per heavy atom. The highest BCUT2D eigenvalue weighted by Gasteiger charge is 2.13. The minimum Gasteiger partial charge on any atom is -0.419 e. The first-order chi connectivity index (χ1) is 7.31. The Morgan fingerprint density at radius 2 is 2.00 bits per heavy atom. The fraction of sp³-hybridized carbons (Fsp3) is 0.333. The second kappa shape index (κ2) is 4.14. The zero-order valence-corrected chi connectivity index (χ0v) is 8.51. The highest BCUT2D eigenvalue weighted by atomic mass is 16.4. The molecular formula is C9H11N5O. The van der Waals surface area contributed by atoms with E-state index in [4.69, 9.17) is 4.42 Å². The molecule has 0 fully saturated rings. The first-order valence-electron chi connectivity index (χ1n) is 4.57. The van der Waals surface area contributed by atoms with Gasteiger partial charge < -0.3 is 9.73 Å². The lowest BCUT2D eigenvalue weighted by Gasteiger charge is -2.01. The van der Waals surface area contributed by atoms with Crippen molar-refractivity contribution in [3.05, 3.63) is 24.6 Å². The van der Waals surface area contributed by atoms with Crippen molar-refractivity contribution in [2.75, 3.05) is 7.05 Å². The van der Waals surface area contributed by atoms with Gasteiger partial charge in [0.25, 0.3) is 5.89 Å². The molecular weight excluding hydrogens is 194 g/mol. The topological polar surface area (TPSA) is 76.7 Å². The quantitative estimate of drug-likeness (QED) is 0.798. The Labute approximate surface area is 86.8 Å². The third-order valence-electron chi connectivity index (χ3n) is 2.05. The Kier molecular flexibility index (Phi) is 2.68. The van der Waals surface area contributed by atoms with Crippen LogP contribution in [0.3, 0.4) is 0 Å². The molecule has 1 atom stereocenters. The number of hydrogen-bond donors (Lipinski definition) is 1. The van der Waals surface area contributed by atoms with E-state index in [1.807, 2.05) is 14.0 Å². The highest BCUT2D eigenvalue weighted by Crippen LogP contribution is 2.18. The third kappa shape index (κ3) is 1.99. The molecule has 0 bridgehead atoms. The van der Waals surface area contributed by atoms with E-state index in [2.05, 4.69) is 25.5 Å². The maximum absolute atomic E-state index is 5.46. The first kappa shape index (κ1) is 9.72. The summed E-state index contributed by atoms with van der Waals surface area (Å²) in [5, 5.41) is 10.9. The lowest BCUT2D eigenvalue weighted by molar-refractivity contribution is 0.441. The van der Waals surface area contributed by atoms with Crippen LogP contribution < -0.4 is 5.32 Å². The summed E-state index contributed by atoms with van der Waals surface area (Å²) >= 11 is 0. The zero-order valence-electron chi connectivity index (χ0n) is 8.51. The van der Waals surface area contributed by atoms with Gasteiger partial charge in [-0.2, -0.15) is 0 Å². The van der Waals surface area contributed by atoms with Crippen molar-refractivity contribution < 1.29 is 4.42 Å². The summed E-state index contributed by atoms with van der Waals surface area (Å²) in [6.07, 6.45) is 4.72. The van der Waals surface area contributed by atoms with Gasteiger partial charge in [-0.3, -0.25) is 0 Å². The van der Waals surface area contributed by atoms with Crippen LogP contribution in [0.4, 0.5) is 0 Å². The van der Waals surface area contributed by atoms with E-state index in [-0.39, 0.29) is 6.04 Å². The maximum Gasteiger partial charge on any atom is 0.250 e. The summed E-state index contributed by atoms with van der Waals surface area (Å²) in [6, 6.07) is 0.0379. The Morgan fingerprint density at radius 3 is 2.67 bits per heavy atom. The summed E-state index contributed by atoms with van der Waals surface area (Å²) in [4.78, 5) is 7.76. The van der Waals surface area contributed by atoms with Gasteiger partial charge in [-0.1, -0.05) is 0 Å². The average molecular weight is 205 g/mol. The van der Waals surface area contributed by atoms with Crippen LogP contribution in [0.25, 0.3) is 11.5 Å². The molecule has 2 rings (SSSR count). The molecule has 1 unspecified atom stereocenters. The number of aromatic nitrogens is 4. The van der Waals surface area contributed by atoms with Gasteiger partial charge in [0.05, 0.1) is 11.6 Å². The normalized spacial score (nSPS) is 12.7. The van der Waals surface area contributed by atoms with E-state index in [9.17, 15) is 0 Å². The summed E-state index contributed by atoms with van der Waals surface area (Å²) in [6.45, 7) is 1.94. The SMILES string of the molecule is CNC(C)c1nnc(-c2cncnc2)o1. The van der Waals surface area contributed by atoms with Gasteiger partial charge >= 0.3 is 0 Å². The van der Waals surface area contributed by atoms with E-state index < -0.39 is 0 Å². The highest BCUT2D eigenvalue weighted by molar-refractivity contribution is 5.48. The molecule has 78 valence electrons. The number of rotatable bonds is 3. The molecule has 0 aliphatic carbocycles. The summed E-state index contributed by atoms with van der Waals surface area (Å²) in [5.74, 6) is 0.990. The van der Waals surface area contributed by atoms with Crippen molar-refractivity contribution in [1.29, 1.82) is 0 Å². The summed E-state index contributed by atoms with van der Waals surface area (Å²) < 4.78 is 5.46. The number of hydrogen-bond acceptors (Lipinski definition) is 6. The van der Waals surface area contributed by atoms with Crippen LogP contribution in [-0.2, 0) is 0 Å². The van der Waals surface area contributed by atoms with Crippen LogP contribution in [0, 0.1) is 0 Å². The first-order valence-corrected chi connectivity index (χ1v) is 4.57. The smallest absolute Gasteiger partial charge is 0.250 e. The predicted molar refractivity (Wildman–Crippen MR) is 52.8 cm³/mol. The molecule has 2 aromatic rings. The van der Waals surface area contributed by atoms with Gasteiger partial charge in [0, 0.05) is 12.4 Å².